The lowest BCUT2D eigenvalue weighted by Gasteiger charge is -2.18. The Kier molecular flexibility index (Phi) is 17.9. The monoisotopic (exact) mass is 638 g/mol. The van der Waals surface area contributed by atoms with Crippen LogP contribution in [0.1, 0.15) is 143 Å². The van der Waals surface area contributed by atoms with Crippen LogP contribution in [-0.2, 0) is 22.4 Å². The Morgan fingerprint density at radius 1 is 0.587 bits per heavy atom. The van der Waals surface area contributed by atoms with Crippen molar-refractivity contribution in [3.05, 3.63) is 58.7 Å². The number of aryl methyl sites for hydroxylation is 2. The second-order valence-corrected chi connectivity index (χ2v) is 12.0. The third kappa shape index (κ3) is 13.9. The van der Waals surface area contributed by atoms with Crippen LogP contribution in [0.4, 0.5) is 0 Å². The summed E-state index contributed by atoms with van der Waals surface area (Å²) in [6.45, 7) is 6.37. The number of benzene rings is 2. The molecule has 0 fully saturated rings. The van der Waals surface area contributed by atoms with Gasteiger partial charge in [-0.2, -0.15) is 0 Å². The van der Waals surface area contributed by atoms with Crippen molar-refractivity contribution >= 4 is 23.6 Å². The lowest BCUT2D eigenvalue weighted by Crippen LogP contribution is -2.47. The zero-order valence-electron chi connectivity index (χ0n) is 27.9. The Balaban J connectivity index is 1.96. The van der Waals surface area contributed by atoms with Crippen LogP contribution in [0.2, 0.25) is 0 Å². The van der Waals surface area contributed by atoms with Gasteiger partial charge < -0.3 is 10.2 Å². The highest BCUT2D eigenvalue weighted by molar-refractivity contribution is 5.99. The molecule has 0 spiro atoms. The van der Waals surface area contributed by atoms with Gasteiger partial charge >= 0.3 is 0 Å². The van der Waals surface area contributed by atoms with Gasteiger partial charge in [-0.1, -0.05) is 97.1 Å². The van der Waals surface area contributed by atoms with Gasteiger partial charge in [0.15, 0.2) is 0 Å². The van der Waals surface area contributed by atoms with Crippen molar-refractivity contribution < 1.29 is 29.4 Å². The van der Waals surface area contributed by atoms with Gasteiger partial charge in [0.25, 0.3) is 11.8 Å². The number of rotatable bonds is 20. The smallest absolute Gasteiger partial charge is 0.273 e. The summed E-state index contributed by atoms with van der Waals surface area (Å²) in [6, 6.07) is 9.74. The maximum Gasteiger partial charge on any atom is 0.273 e. The Morgan fingerprint density at radius 3 is 1.54 bits per heavy atom. The molecule has 2 rings (SSSR count). The van der Waals surface area contributed by atoms with Crippen molar-refractivity contribution in [2.24, 2.45) is 5.92 Å². The first kappa shape index (κ1) is 38.1. The Labute approximate surface area is 274 Å². The van der Waals surface area contributed by atoms with Crippen molar-refractivity contribution in [3.63, 3.8) is 0 Å². The number of hydrogen-bond donors (Lipinski definition) is 6. The number of aromatic hydroxyl groups is 2. The lowest BCUT2D eigenvalue weighted by molar-refractivity contribution is -0.131. The molecule has 2 aromatic rings. The number of hydrogen-bond acceptors (Lipinski definition) is 6. The second kappa shape index (κ2) is 21.6. The minimum Gasteiger partial charge on any atom is -0.507 e. The largest absolute Gasteiger partial charge is 0.507 e. The molecule has 10 heteroatoms. The number of unbranched alkanes of at least 4 members (excludes halogenated alkanes) is 9. The quantitative estimate of drug-likeness (QED) is 0.0714. The van der Waals surface area contributed by atoms with Gasteiger partial charge in [0.2, 0.25) is 11.8 Å². The van der Waals surface area contributed by atoms with Crippen LogP contribution in [0.25, 0.3) is 0 Å². The number of nitrogens with one attached hydrogen (secondary N) is 4. The minimum atomic E-state index is -0.770. The van der Waals surface area contributed by atoms with Gasteiger partial charge in [0, 0.05) is 12.3 Å². The van der Waals surface area contributed by atoms with E-state index in [1.54, 1.807) is 24.3 Å². The topological polar surface area (TPSA) is 157 Å². The highest BCUT2D eigenvalue weighted by atomic mass is 16.3. The molecule has 0 bridgehead atoms. The predicted octanol–water partition coefficient (Wildman–Crippen LogP) is 6.54. The molecule has 2 aromatic carbocycles. The molecule has 0 radical (unpaired) electrons. The maximum absolute atomic E-state index is 13.1. The van der Waals surface area contributed by atoms with E-state index in [4.69, 9.17) is 0 Å². The summed E-state index contributed by atoms with van der Waals surface area (Å²) in [5.74, 6) is -3.59. The van der Waals surface area contributed by atoms with E-state index in [-0.39, 0.29) is 29.0 Å². The van der Waals surface area contributed by atoms with Gasteiger partial charge in [-0.15, -0.1) is 0 Å². The van der Waals surface area contributed by atoms with E-state index in [1.807, 2.05) is 0 Å². The predicted molar refractivity (Wildman–Crippen MR) is 180 cm³/mol. The average molecular weight is 639 g/mol. The maximum atomic E-state index is 13.1. The fraction of sp³-hybridized carbons (Fsp3) is 0.556. The van der Waals surface area contributed by atoms with E-state index in [0.717, 1.165) is 94.6 Å². The van der Waals surface area contributed by atoms with Crippen LogP contribution in [0.5, 0.6) is 11.5 Å². The van der Waals surface area contributed by atoms with E-state index in [0.29, 0.717) is 12.8 Å². The average Bonchev–Trinajstić information content (AvgIpc) is 3.03. The fourth-order valence-corrected chi connectivity index (χ4v) is 5.26. The van der Waals surface area contributed by atoms with Gasteiger partial charge in [0.1, 0.15) is 11.5 Å². The molecule has 1 atom stereocenters. The van der Waals surface area contributed by atoms with E-state index >= 15 is 0 Å². The summed E-state index contributed by atoms with van der Waals surface area (Å²) in [6.07, 6.45) is 14.1. The van der Waals surface area contributed by atoms with Crippen LogP contribution in [0.15, 0.2) is 36.4 Å². The zero-order valence-corrected chi connectivity index (χ0v) is 27.9. The highest BCUT2D eigenvalue weighted by Gasteiger charge is 2.23. The molecule has 1 unspecified atom stereocenters. The number of phenols is 2. The fourth-order valence-electron chi connectivity index (χ4n) is 5.26. The summed E-state index contributed by atoms with van der Waals surface area (Å²) in [5.41, 5.74) is 11.3. The number of carbonyl (C=O) groups excluding carboxylic acids is 4. The molecule has 254 valence electrons. The third-order valence-corrected chi connectivity index (χ3v) is 8.07. The standard InChI is InChI=1S/C36H54N4O6/c1-4-7-10-11-12-15-18-28(34(44)38-40-36(46)30-22-20-27(24-32(30)42)17-14-9-6-3)25-33(43)37-39-35(45)29-21-19-26(23-31(29)41)16-13-8-5-2/h19-24,28,41-42H,4-18,25H2,1-3H3,(H,37,43)(H,38,44)(H,39,45)(H,40,46). The van der Waals surface area contributed by atoms with Crippen molar-refractivity contribution in [2.45, 2.75) is 124 Å². The second-order valence-electron chi connectivity index (χ2n) is 12.0. The SMILES string of the molecule is CCCCCCCCC(CC(=O)NNC(=O)c1ccc(CCCCC)cc1O)C(=O)NNC(=O)c1ccc(CCCCC)cc1O. The molecule has 0 saturated heterocycles. The highest BCUT2D eigenvalue weighted by Crippen LogP contribution is 2.22. The molecule has 0 aliphatic heterocycles. The lowest BCUT2D eigenvalue weighted by atomic mass is 9.96. The van der Waals surface area contributed by atoms with Crippen molar-refractivity contribution in [1.29, 1.82) is 0 Å². The number of phenolic OH excluding ortho intramolecular Hbond substituents is 2. The van der Waals surface area contributed by atoms with Crippen LogP contribution >= 0.6 is 0 Å². The van der Waals surface area contributed by atoms with Gasteiger partial charge in [-0.3, -0.25) is 40.9 Å². The molecule has 4 amide bonds. The molecule has 6 N–H and O–H groups in total. The summed E-state index contributed by atoms with van der Waals surface area (Å²) >= 11 is 0. The van der Waals surface area contributed by atoms with Crippen molar-refractivity contribution in [2.75, 3.05) is 0 Å². The molecule has 46 heavy (non-hydrogen) atoms. The van der Waals surface area contributed by atoms with Gasteiger partial charge in [0.05, 0.1) is 11.1 Å². The first-order chi connectivity index (χ1) is 22.2. The number of carbonyl (C=O) groups is 4. The number of amides is 4. The molecule has 10 nitrogen and oxygen atoms in total. The Bertz CT molecular complexity index is 1270. The molecular weight excluding hydrogens is 584 g/mol. The van der Waals surface area contributed by atoms with Crippen LogP contribution < -0.4 is 21.7 Å². The Morgan fingerprint density at radius 2 is 1.04 bits per heavy atom. The first-order valence-corrected chi connectivity index (χ1v) is 17.0. The number of hydrazine groups is 2. The zero-order chi connectivity index (χ0) is 33.7. The van der Waals surface area contributed by atoms with Gasteiger partial charge in [-0.25, -0.2) is 0 Å². The van der Waals surface area contributed by atoms with Crippen LogP contribution in [-0.4, -0.2) is 33.8 Å². The van der Waals surface area contributed by atoms with Crippen molar-refractivity contribution in [3.8, 4) is 11.5 Å². The summed E-state index contributed by atoms with van der Waals surface area (Å²) in [7, 11) is 0. The van der Waals surface area contributed by atoms with E-state index in [9.17, 15) is 29.4 Å². The van der Waals surface area contributed by atoms with Crippen molar-refractivity contribution in [1.82, 2.24) is 21.7 Å². The normalized spacial score (nSPS) is 11.5. The first-order valence-electron chi connectivity index (χ1n) is 17.0. The van der Waals surface area contributed by atoms with E-state index in [1.165, 1.54) is 12.1 Å². The Hall–Kier alpha value is -4.08. The third-order valence-electron chi connectivity index (χ3n) is 8.07. The molecule has 0 heterocycles. The molecule has 0 aromatic heterocycles. The minimum absolute atomic E-state index is 0.0286. The molecule has 0 aliphatic carbocycles. The van der Waals surface area contributed by atoms with E-state index in [2.05, 4.69) is 42.5 Å². The summed E-state index contributed by atoms with van der Waals surface area (Å²) in [5, 5.41) is 20.8. The van der Waals surface area contributed by atoms with Gasteiger partial charge in [-0.05, 0) is 67.5 Å². The van der Waals surface area contributed by atoms with Crippen LogP contribution in [0, 0.1) is 5.92 Å². The summed E-state index contributed by atoms with van der Waals surface area (Å²) < 4.78 is 0. The summed E-state index contributed by atoms with van der Waals surface area (Å²) in [4.78, 5) is 51.3. The molecule has 0 aliphatic rings. The van der Waals surface area contributed by atoms with Crippen LogP contribution in [0.3, 0.4) is 0 Å². The molecule has 0 saturated carbocycles. The molecular formula is C36H54N4O6. The van der Waals surface area contributed by atoms with E-state index < -0.39 is 29.5 Å².